The Labute approximate surface area is 225 Å². The SMILES string of the molecule is COc1cc2nc(C)nc(NC(C)c3ccc(-c4ccccc4/C=N/[S+]([O-])C(C)(C)C)s3)c2cc1OC. The molecule has 0 aliphatic rings. The average Bonchev–Trinajstić information content (AvgIpc) is 3.36. The third kappa shape index (κ3) is 6.06. The van der Waals surface area contributed by atoms with Gasteiger partial charge in [-0.05, 0) is 52.8 Å². The number of aromatic nitrogens is 2. The first-order chi connectivity index (χ1) is 17.6. The molecule has 0 saturated carbocycles. The van der Waals surface area contributed by atoms with Crippen molar-refractivity contribution in [2.24, 2.45) is 4.40 Å². The van der Waals surface area contributed by atoms with E-state index in [0.717, 1.165) is 37.6 Å². The maximum absolute atomic E-state index is 12.4. The first-order valence-corrected chi connectivity index (χ1v) is 13.8. The molecule has 1 N–H and O–H groups in total. The van der Waals surface area contributed by atoms with Crippen molar-refractivity contribution in [3.63, 3.8) is 0 Å². The van der Waals surface area contributed by atoms with Crippen LogP contribution in [-0.2, 0) is 11.4 Å². The molecule has 9 heteroatoms. The number of thiophene rings is 1. The Balaban J connectivity index is 1.62. The van der Waals surface area contributed by atoms with Gasteiger partial charge >= 0.3 is 0 Å². The number of nitrogens with zero attached hydrogens (tertiary/aromatic N) is 3. The van der Waals surface area contributed by atoms with Crippen LogP contribution in [-0.4, -0.2) is 39.7 Å². The third-order valence-corrected chi connectivity index (χ3v) is 8.40. The van der Waals surface area contributed by atoms with Crippen molar-refractivity contribution in [2.75, 3.05) is 19.5 Å². The minimum absolute atomic E-state index is 0.00132. The van der Waals surface area contributed by atoms with Gasteiger partial charge < -0.3 is 19.3 Å². The molecular formula is C28H32N4O3S2. The number of hydrogen-bond acceptors (Lipinski definition) is 8. The summed E-state index contributed by atoms with van der Waals surface area (Å²) < 4.78 is 27.3. The van der Waals surface area contributed by atoms with Crippen molar-refractivity contribution in [3.05, 3.63) is 64.8 Å². The topological polar surface area (TPSA) is 91.7 Å². The predicted octanol–water partition coefficient (Wildman–Crippen LogP) is 6.74. The van der Waals surface area contributed by atoms with Gasteiger partial charge in [0, 0.05) is 32.3 Å². The van der Waals surface area contributed by atoms with Gasteiger partial charge in [-0.3, -0.25) is 0 Å². The molecule has 0 fully saturated rings. The Morgan fingerprint density at radius 3 is 2.46 bits per heavy atom. The Morgan fingerprint density at radius 1 is 1.05 bits per heavy atom. The minimum atomic E-state index is -1.31. The van der Waals surface area contributed by atoms with E-state index in [1.807, 2.05) is 58.0 Å². The van der Waals surface area contributed by atoms with Gasteiger partial charge in [-0.15, -0.1) is 11.3 Å². The largest absolute Gasteiger partial charge is 0.591 e. The van der Waals surface area contributed by atoms with Crippen LogP contribution in [0.4, 0.5) is 5.82 Å². The summed E-state index contributed by atoms with van der Waals surface area (Å²) in [5.74, 6) is 2.66. The summed E-state index contributed by atoms with van der Waals surface area (Å²) in [6.07, 6.45) is 1.72. The lowest BCUT2D eigenvalue weighted by atomic mass is 10.1. The highest BCUT2D eigenvalue weighted by Gasteiger charge is 2.26. The van der Waals surface area contributed by atoms with Crippen LogP contribution in [0.5, 0.6) is 11.5 Å². The molecule has 0 aliphatic heterocycles. The molecule has 4 aromatic rings. The molecule has 2 aromatic heterocycles. The van der Waals surface area contributed by atoms with Crippen LogP contribution in [0.15, 0.2) is 52.9 Å². The normalized spacial score (nSPS) is 13.6. The van der Waals surface area contributed by atoms with Crippen molar-refractivity contribution in [1.29, 1.82) is 0 Å². The van der Waals surface area contributed by atoms with Gasteiger partial charge in [0.05, 0.1) is 32.0 Å². The molecule has 2 heterocycles. The lowest BCUT2D eigenvalue weighted by Gasteiger charge is -2.17. The zero-order chi connectivity index (χ0) is 26.7. The molecule has 0 spiro atoms. The lowest BCUT2D eigenvalue weighted by molar-refractivity contribution is 0.356. The highest BCUT2D eigenvalue weighted by Crippen LogP contribution is 2.37. The summed E-state index contributed by atoms with van der Waals surface area (Å²) >= 11 is 0.391. The van der Waals surface area contributed by atoms with Crippen LogP contribution in [0.1, 0.15) is 50.0 Å². The molecule has 0 bridgehead atoms. The molecule has 7 nitrogen and oxygen atoms in total. The summed E-state index contributed by atoms with van der Waals surface area (Å²) in [4.78, 5) is 11.5. The average molecular weight is 537 g/mol. The van der Waals surface area contributed by atoms with Crippen LogP contribution in [0, 0.1) is 6.92 Å². The van der Waals surface area contributed by atoms with E-state index in [-0.39, 0.29) is 6.04 Å². The van der Waals surface area contributed by atoms with Crippen LogP contribution in [0.25, 0.3) is 21.3 Å². The van der Waals surface area contributed by atoms with Gasteiger partial charge in [0.1, 0.15) is 27.8 Å². The number of rotatable bonds is 8. The molecule has 4 rings (SSSR count). The summed E-state index contributed by atoms with van der Waals surface area (Å²) in [7, 11) is 3.23. The number of ether oxygens (including phenoxy) is 2. The van der Waals surface area contributed by atoms with Crippen LogP contribution < -0.4 is 14.8 Å². The molecule has 0 saturated heterocycles. The van der Waals surface area contributed by atoms with Crippen LogP contribution in [0.2, 0.25) is 0 Å². The third-order valence-electron chi connectivity index (χ3n) is 5.76. The lowest BCUT2D eigenvalue weighted by Crippen LogP contribution is -2.25. The summed E-state index contributed by atoms with van der Waals surface area (Å²) in [6.45, 7) is 9.74. The van der Waals surface area contributed by atoms with Gasteiger partial charge in [0.15, 0.2) is 11.5 Å². The summed E-state index contributed by atoms with van der Waals surface area (Å²) in [5, 5.41) is 4.42. The van der Waals surface area contributed by atoms with Crippen molar-refractivity contribution < 1.29 is 14.0 Å². The minimum Gasteiger partial charge on any atom is -0.591 e. The molecule has 0 amide bonds. The zero-order valence-electron chi connectivity index (χ0n) is 22.2. The van der Waals surface area contributed by atoms with Gasteiger partial charge in [0.2, 0.25) is 0 Å². The highest BCUT2D eigenvalue weighted by molar-refractivity contribution is 7.91. The smallest absolute Gasteiger partial charge is 0.162 e. The second kappa shape index (κ2) is 11.1. The van der Waals surface area contributed by atoms with Gasteiger partial charge in [-0.25, -0.2) is 9.97 Å². The number of anilines is 1. The molecular weight excluding hydrogens is 504 g/mol. The van der Waals surface area contributed by atoms with Crippen LogP contribution in [0.3, 0.4) is 0 Å². The Hall–Kier alpha value is -3.14. The van der Waals surface area contributed by atoms with Gasteiger partial charge in [-0.2, -0.15) is 0 Å². The molecule has 2 atom stereocenters. The quantitative estimate of drug-likeness (QED) is 0.198. The van der Waals surface area contributed by atoms with E-state index in [0.29, 0.717) is 17.3 Å². The fourth-order valence-corrected chi connectivity index (χ4v) is 5.37. The van der Waals surface area contributed by atoms with Crippen molar-refractivity contribution in [3.8, 4) is 21.9 Å². The van der Waals surface area contributed by atoms with E-state index in [9.17, 15) is 4.55 Å². The molecule has 2 aromatic carbocycles. The Kier molecular flexibility index (Phi) is 8.06. The van der Waals surface area contributed by atoms with E-state index < -0.39 is 16.1 Å². The number of nitrogens with one attached hydrogen (secondary N) is 1. The highest BCUT2D eigenvalue weighted by atomic mass is 32.2. The fourth-order valence-electron chi connectivity index (χ4n) is 3.79. The summed E-state index contributed by atoms with van der Waals surface area (Å²) in [6, 6.07) is 16.0. The van der Waals surface area contributed by atoms with Crippen LogP contribution >= 0.6 is 11.3 Å². The second-order valence-corrected chi connectivity index (χ2v) is 12.6. The van der Waals surface area contributed by atoms with E-state index in [4.69, 9.17) is 9.47 Å². The van der Waals surface area contributed by atoms with E-state index in [1.165, 1.54) is 0 Å². The Bertz CT molecular complexity index is 1430. The second-order valence-electron chi connectivity index (χ2n) is 9.60. The van der Waals surface area contributed by atoms with Gasteiger partial charge in [-0.1, -0.05) is 28.7 Å². The number of methoxy groups -OCH3 is 2. The van der Waals surface area contributed by atoms with E-state index in [2.05, 4.69) is 44.8 Å². The van der Waals surface area contributed by atoms with Crippen molar-refractivity contribution in [1.82, 2.24) is 9.97 Å². The monoisotopic (exact) mass is 536 g/mol. The van der Waals surface area contributed by atoms with Gasteiger partial charge in [0.25, 0.3) is 0 Å². The predicted molar refractivity (Wildman–Crippen MR) is 155 cm³/mol. The number of hydrogen-bond donors (Lipinski definition) is 1. The molecule has 194 valence electrons. The molecule has 37 heavy (non-hydrogen) atoms. The number of benzene rings is 2. The maximum atomic E-state index is 12.4. The van der Waals surface area contributed by atoms with Crippen molar-refractivity contribution in [2.45, 2.75) is 45.4 Å². The number of aryl methyl sites for hydroxylation is 1. The standard InChI is InChI=1S/C28H32N4O3S2/c1-17(30-27-21-14-23(34-6)24(35-7)15-22(21)31-18(2)32-27)25-12-13-26(36-25)20-11-9-8-10-19(20)16-29-37(33)28(3,4)5/h8-17H,1-7H3,(H,30,31,32)/b29-16+. The fraction of sp³-hybridized carbons (Fsp3) is 0.321. The first-order valence-electron chi connectivity index (χ1n) is 11.9. The van der Waals surface area contributed by atoms with E-state index >= 15 is 0 Å². The maximum Gasteiger partial charge on any atom is 0.162 e. The molecule has 0 aliphatic carbocycles. The Morgan fingerprint density at radius 2 is 1.76 bits per heavy atom. The summed E-state index contributed by atoms with van der Waals surface area (Å²) in [5.41, 5.74) is 2.78. The van der Waals surface area contributed by atoms with Crippen molar-refractivity contribution >= 4 is 45.6 Å². The van der Waals surface area contributed by atoms with E-state index in [1.54, 1.807) is 31.8 Å². The molecule has 2 unspecified atom stereocenters. The molecule has 0 radical (unpaired) electrons. The zero-order valence-corrected chi connectivity index (χ0v) is 23.8. The number of fused-ring (bicyclic) bond motifs is 1. The first kappa shape index (κ1) is 26.9.